The number of fused-ring (bicyclic) bond motifs is 4. The van der Waals surface area contributed by atoms with Crippen LogP contribution in [0, 0.1) is 13.1 Å². The van der Waals surface area contributed by atoms with Crippen LogP contribution < -0.4 is 5.73 Å². The van der Waals surface area contributed by atoms with Gasteiger partial charge in [0.25, 0.3) is 0 Å². The van der Waals surface area contributed by atoms with Crippen LogP contribution in [0.3, 0.4) is 0 Å². The summed E-state index contributed by atoms with van der Waals surface area (Å²) in [6.07, 6.45) is 5.34. The summed E-state index contributed by atoms with van der Waals surface area (Å²) in [6, 6.07) is 11.3. The zero-order valence-electron chi connectivity index (χ0n) is 16.4. The molecule has 0 unspecified atom stereocenters. The van der Waals surface area contributed by atoms with Crippen LogP contribution in [0.4, 0.5) is 16.5 Å². The van der Waals surface area contributed by atoms with Gasteiger partial charge in [-0.05, 0) is 48.8 Å². The molecule has 0 saturated carbocycles. The van der Waals surface area contributed by atoms with Crippen molar-refractivity contribution in [1.82, 2.24) is 4.98 Å². The number of Topliss-reactive ketones (excluding diaryl/α,β-unsaturated/α-hetero) is 1. The summed E-state index contributed by atoms with van der Waals surface area (Å²) in [5, 5.41) is 0.621. The van der Waals surface area contributed by atoms with E-state index in [-0.39, 0.29) is 5.78 Å². The van der Waals surface area contributed by atoms with E-state index in [1.54, 1.807) is 12.1 Å². The van der Waals surface area contributed by atoms with Crippen molar-refractivity contribution in [3.8, 4) is 10.4 Å². The molecule has 1 heterocycles. The molecule has 0 radical (unpaired) electrons. The monoisotopic (exact) mass is 412 g/mol. The number of carbonyl (C=O) groups excluding carboxylic acids is 1. The first-order valence-corrected chi connectivity index (χ1v) is 10.7. The Morgan fingerprint density at radius 1 is 0.867 bits per heavy atom. The van der Waals surface area contributed by atoms with Crippen LogP contribution >= 0.6 is 11.3 Å². The molecule has 1 aromatic heterocycles. The van der Waals surface area contributed by atoms with E-state index in [9.17, 15) is 4.79 Å². The van der Waals surface area contributed by atoms with Gasteiger partial charge in [-0.3, -0.25) is 4.79 Å². The van der Waals surface area contributed by atoms with E-state index in [0.29, 0.717) is 17.2 Å². The Kier molecular flexibility index (Phi) is 5.61. The average molecular weight is 413 g/mol. The lowest BCUT2D eigenvalue weighted by Crippen LogP contribution is -2.10. The number of nitrogens with zero attached hydrogens (tertiary/aromatic N) is 3. The molecule has 30 heavy (non-hydrogen) atoms. The quantitative estimate of drug-likeness (QED) is 0.448. The molecule has 0 bridgehead atoms. The van der Waals surface area contributed by atoms with Gasteiger partial charge in [0.2, 0.25) is 0 Å². The summed E-state index contributed by atoms with van der Waals surface area (Å²) >= 11 is 1.53. The number of benzene rings is 2. The molecule has 148 valence electrons. The maximum absolute atomic E-state index is 11.5. The van der Waals surface area contributed by atoms with Crippen molar-refractivity contribution in [2.75, 3.05) is 5.73 Å². The zero-order valence-corrected chi connectivity index (χ0v) is 17.3. The maximum atomic E-state index is 11.5. The van der Waals surface area contributed by atoms with E-state index >= 15 is 0 Å². The summed E-state index contributed by atoms with van der Waals surface area (Å²) in [5.41, 5.74) is 12.3. The van der Waals surface area contributed by atoms with Gasteiger partial charge in [0.15, 0.2) is 22.3 Å². The molecule has 6 heteroatoms. The largest absolute Gasteiger partial charge is 0.375 e. The molecule has 3 aromatic rings. The highest BCUT2D eigenvalue weighted by Crippen LogP contribution is 2.40. The standard InChI is InChI=1S/C13H11N3S.C11H9NO/c1-15-10-6-3-5-9-8(10)4-2-7-11-12(9)17-13(14)16-11;1-12-10-6-2-5-9-8(10)4-3-7-11(9)13/h3,5-6H,2,4,7H2,(H2,14,16);2,5-6H,3-4,7H2. The summed E-state index contributed by atoms with van der Waals surface area (Å²) < 4.78 is 0. The van der Waals surface area contributed by atoms with Crippen LogP contribution in [0.25, 0.3) is 20.1 Å². The van der Waals surface area contributed by atoms with Crippen molar-refractivity contribution in [2.24, 2.45) is 0 Å². The molecular weight excluding hydrogens is 392 g/mol. The Bertz CT molecular complexity index is 1210. The number of hydrogen-bond acceptors (Lipinski definition) is 4. The average Bonchev–Trinajstić information content (AvgIpc) is 3.05. The molecule has 0 aliphatic heterocycles. The molecule has 2 N–H and O–H groups in total. The van der Waals surface area contributed by atoms with E-state index < -0.39 is 0 Å². The number of carbonyl (C=O) groups is 1. The number of nitrogens with two attached hydrogens (primary N) is 1. The zero-order chi connectivity index (χ0) is 21.1. The first kappa shape index (κ1) is 19.8. The Morgan fingerprint density at radius 2 is 1.47 bits per heavy atom. The summed E-state index contributed by atoms with van der Waals surface area (Å²) in [4.78, 5) is 24.0. The van der Waals surface area contributed by atoms with Gasteiger partial charge in [-0.25, -0.2) is 14.7 Å². The number of hydrogen-bond donors (Lipinski definition) is 1. The summed E-state index contributed by atoms with van der Waals surface area (Å²) in [7, 11) is 0. The molecule has 5 nitrogen and oxygen atoms in total. The smallest absolute Gasteiger partial charge is 0.191 e. The molecule has 5 rings (SSSR count). The first-order chi connectivity index (χ1) is 14.6. The number of ketones is 1. The number of thiazole rings is 1. The molecule has 2 aliphatic rings. The predicted molar refractivity (Wildman–Crippen MR) is 120 cm³/mol. The molecule has 0 atom stereocenters. The van der Waals surface area contributed by atoms with Gasteiger partial charge in [-0.15, -0.1) is 0 Å². The van der Waals surface area contributed by atoms with Crippen molar-refractivity contribution >= 4 is 33.6 Å². The van der Waals surface area contributed by atoms with Crippen molar-refractivity contribution < 1.29 is 4.79 Å². The molecule has 0 spiro atoms. The normalized spacial score (nSPS) is 14.0. The predicted octanol–water partition coefficient (Wildman–Crippen LogP) is 6.19. The SMILES string of the molecule is [C-]#[N+]c1cccc2c1CCCC2=O.[C-]#[N+]c1cccc2c1CCCc1nc(N)sc1-2. The fourth-order valence-electron chi connectivity index (χ4n) is 4.10. The van der Waals surface area contributed by atoms with Gasteiger partial charge in [0.1, 0.15) is 0 Å². The third-order valence-corrected chi connectivity index (χ3v) is 6.43. The van der Waals surface area contributed by atoms with E-state index in [4.69, 9.17) is 18.9 Å². The lowest BCUT2D eigenvalue weighted by atomic mass is 9.89. The van der Waals surface area contributed by atoms with Gasteiger partial charge in [-0.2, -0.15) is 0 Å². The Hall–Kier alpha value is -3.48. The van der Waals surface area contributed by atoms with Gasteiger partial charge in [-0.1, -0.05) is 47.7 Å². The molecule has 2 aromatic carbocycles. The second-order valence-electron chi connectivity index (χ2n) is 7.29. The molecule has 0 saturated heterocycles. The molecule has 2 aliphatic carbocycles. The first-order valence-electron chi connectivity index (χ1n) is 9.89. The second kappa shape index (κ2) is 8.49. The van der Waals surface area contributed by atoms with Crippen molar-refractivity contribution in [3.63, 3.8) is 0 Å². The van der Waals surface area contributed by atoms with Crippen LogP contribution in [-0.2, 0) is 19.3 Å². The fraction of sp³-hybridized carbons (Fsp3) is 0.250. The molecule has 0 amide bonds. The highest BCUT2D eigenvalue weighted by atomic mass is 32.1. The highest BCUT2D eigenvalue weighted by molar-refractivity contribution is 7.18. The third-order valence-electron chi connectivity index (χ3n) is 5.47. The number of nitrogen functional groups attached to an aromatic ring is 1. The number of anilines is 1. The molecule has 0 fully saturated rings. The van der Waals surface area contributed by atoms with E-state index in [1.807, 2.05) is 18.2 Å². The van der Waals surface area contributed by atoms with E-state index in [1.165, 1.54) is 11.3 Å². The lowest BCUT2D eigenvalue weighted by molar-refractivity contribution is 0.0972. The van der Waals surface area contributed by atoms with Crippen LogP contribution in [0.15, 0.2) is 36.4 Å². The Labute approximate surface area is 179 Å². The second-order valence-corrected chi connectivity index (χ2v) is 8.32. The number of aryl methyl sites for hydroxylation is 1. The minimum Gasteiger partial charge on any atom is -0.375 e. The lowest BCUT2D eigenvalue weighted by Gasteiger charge is -2.15. The Balaban J connectivity index is 0.000000151. The minimum atomic E-state index is 0.187. The Morgan fingerprint density at radius 3 is 2.13 bits per heavy atom. The van der Waals surface area contributed by atoms with Crippen LogP contribution in [0.1, 0.15) is 46.4 Å². The van der Waals surface area contributed by atoms with Crippen LogP contribution in [0.2, 0.25) is 0 Å². The van der Waals surface area contributed by atoms with Gasteiger partial charge in [0, 0.05) is 12.0 Å². The maximum Gasteiger partial charge on any atom is 0.191 e. The van der Waals surface area contributed by atoms with Crippen molar-refractivity contribution in [3.05, 3.63) is 81.6 Å². The highest BCUT2D eigenvalue weighted by Gasteiger charge is 2.20. The van der Waals surface area contributed by atoms with Crippen molar-refractivity contribution in [1.29, 1.82) is 0 Å². The summed E-state index contributed by atoms with van der Waals surface area (Å²) in [6.45, 7) is 14.2. The van der Waals surface area contributed by atoms with Gasteiger partial charge >= 0.3 is 0 Å². The van der Waals surface area contributed by atoms with E-state index in [0.717, 1.165) is 70.6 Å². The molecular formula is C24H20N4OS. The van der Waals surface area contributed by atoms with Crippen molar-refractivity contribution in [2.45, 2.75) is 38.5 Å². The van der Waals surface area contributed by atoms with Gasteiger partial charge in [0.05, 0.1) is 23.7 Å². The van der Waals surface area contributed by atoms with Gasteiger partial charge < -0.3 is 5.73 Å². The van der Waals surface area contributed by atoms with Crippen LogP contribution in [-0.4, -0.2) is 10.8 Å². The van der Waals surface area contributed by atoms with E-state index in [2.05, 4.69) is 20.7 Å². The fourth-order valence-corrected chi connectivity index (χ4v) is 5.03. The number of rotatable bonds is 0. The minimum absolute atomic E-state index is 0.187. The van der Waals surface area contributed by atoms with Crippen LogP contribution in [0.5, 0.6) is 0 Å². The number of aromatic nitrogens is 1. The summed E-state index contributed by atoms with van der Waals surface area (Å²) in [5.74, 6) is 0.187. The topological polar surface area (TPSA) is 64.7 Å². The third kappa shape index (κ3) is 3.70.